The van der Waals surface area contributed by atoms with E-state index in [4.69, 9.17) is 5.11 Å². The number of aliphatic carboxylic acids is 1. The highest BCUT2D eigenvalue weighted by Crippen LogP contribution is 2.19. The van der Waals surface area contributed by atoms with E-state index < -0.39 is 15.8 Å². The van der Waals surface area contributed by atoms with Gasteiger partial charge in [0.1, 0.15) is 10.7 Å². The average molecular weight is 272 g/mol. The van der Waals surface area contributed by atoms with Crippen molar-refractivity contribution in [2.24, 2.45) is 0 Å². The smallest absolute Gasteiger partial charge is 0.303 e. The van der Waals surface area contributed by atoms with E-state index in [1.807, 2.05) is 0 Å². The van der Waals surface area contributed by atoms with Gasteiger partial charge in [0.25, 0.3) is 0 Å². The molecule has 7 heteroatoms. The van der Waals surface area contributed by atoms with Crippen molar-refractivity contribution in [1.82, 2.24) is 4.98 Å². The fourth-order valence-corrected chi connectivity index (χ4v) is 2.23. The molecular weight excluding hydrogens is 256 g/mol. The maximum absolute atomic E-state index is 11.5. The Balaban J connectivity index is 2.82. The van der Waals surface area contributed by atoms with Gasteiger partial charge >= 0.3 is 5.97 Å². The molecule has 0 amide bonds. The molecule has 100 valence electrons. The zero-order valence-corrected chi connectivity index (χ0v) is 11.1. The van der Waals surface area contributed by atoms with Crippen LogP contribution >= 0.6 is 0 Å². The minimum absolute atomic E-state index is 0.0230. The Morgan fingerprint density at radius 3 is 2.78 bits per heavy atom. The Kier molecular flexibility index (Phi) is 4.66. The van der Waals surface area contributed by atoms with Crippen LogP contribution in [-0.4, -0.2) is 36.8 Å². The van der Waals surface area contributed by atoms with Gasteiger partial charge in [-0.1, -0.05) is 0 Å². The Morgan fingerprint density at radius 2 is 2.22 bits per heavy atom. The number of aromatic nitrogens is 1. The summed E-state index contributed by atoms with van der Waals surface area (Å²) in [6.07, 6.45) is 3.02. The molecule has 1 aromatic heterocycles. The van der Waals surface area contributed by atoms with E-state index in [0.29, 0.717) is 6.42 Å². The lowest BCUT2D eigenvalue weighted by Gasteiger charge is -2.15. The molecule has 1 unspecified atom stereocenters. The lowest BCUT2D eigenvalue weighted by atomic mass is 10.2. The highest BCUT2D eigenvalue weighted by Gasteiger charge is 2.15. The molecule has 2 N–H and O–H groups in total. The summed E-state index contributed by atoms with van der Waals surface area (Å²) in [5.74, 6) is -0.620. The van der Waals surface area contributed by atoms with Crippen LogP contribution in [0.5, 0.6) is 0 Å². The summed E-state index contributed by atoms with van der Waals surface area (Å²) in [7, 11) is -3.35. The van der Waals surface area contributed by atoms with Crippen LogP contribution in [0.4, 0.5) is 5.82 Å². The molecule has 0 aliphatic carbocycles. The molecule has 6 nitrogen and oxygen atoms in total. The van der Waals surface area contributed by atoms with Gasteiger partial charge in [0, 0.05) is 24.9 Å². The summed E-state index contributed by atoms with van der Waals surface area (Å²) < 4.78 is 23.1. The van der Waals surface area contributed by atoms with Crippen LogP contribution in [0.3, 0.4) is 0 Å². The Hall–Kier alpha value is -1.63. The summed E-state index contributed by atoms with van der Waals surface area (Å²) in [4.78, 5) is 14.5. The van der Waals surface area contributed by atoms with Gasteiger partial charge in [-0.05, 0) is 25.5 Å². The number of hydrogen-bond acceptors (Lipinski definition) is 5. The Labute approximate surface area is 106 Å². The molecule has 1 rings (SSSR count). The maximum Gasteiger partial charge on any atom is 0.303 e. The van der Waals surface area contributed by atoms with E-state index in [0.717, 1.165) is 6.26 Å². The number of rotatable bonds is 6. The molecule has 0 spiro atoms. The van der Waals surface area contributed by atoms with Crippen molar-refractivity contribution in [2.45, 2.75) is 30.7 Å². The van der Waals surface area contributed by atoms with E-state index in [1.165, 1.54) is 12.3 Å². The van der Waals surface area contributed by atoms with Crippen molar-refractivity contribution in [3.8, 4) is 0 Å². The zero-order valence-electron chi connectivity index (χ0n) is 10.3. The molecule has 0 saturated heterocycles. The highest BCUT2D eigenvalue weighted by atomic mass is 32.2. The SMILES string of the molecule is CC(CCC(=O)O)Nc1ncccc1S(C)(=O)=O. The van der Waals surface area contributed by atoms with Crippen LogP contribution in [0.25, 0.3) is 0 Å². The normalized spacial score (nSPS) is 13.0. The van der Waals surface area contributed by atoms with Gasteiger partial charge in [0.05, 0.1) is 0 Å². The van der Waals surface area contributed by atoms with Crippen LogP contribution in [0.15, 0.2) is 23.2 Å². The topological polar surface area (TPSA) is 96.4 Å². The van der Waals surface area contributed by atoms with E-state index >= 15 is 0 Å². The lowest BCUT2D eigenvalue weighted by molar-refractivity contribution is -0.137. The number of sulfone groups is 1. The van der Waals surface area contributed by atoms with Crippen LogP contribution in [0.1, 0.15) is 19.8 Å². The predicted molar refractivity (Wildman–Crippen MR) is 67.3 cm³/mol. The Morgan fingerprint density at radius 1 is 1.56 bits per heavy atom. The molecule has 1 aromatic rings. The van der Waals surface area contributed by atoms with Crippen LogP contribution < -0.4 is 5.32 Å². The van der Waals surface area contributed by atoms with Crippen molar-refractivity contribution in [2.75, 3.05) is 11.6 Å². The van der Waals surface area contributed by atoms with Gasteiger partial charge in [-0.3, -0.25) is 4.79 Å². The van der Waals surface area contributed by atoms with Gasteiger partial charge < -0.3 is 10.4 Å². The first-order chi connectivity index (χ1) is 8.30. The Bertz CT molecular complexity index is 528. The second-order valence-electron chi connectivity index (χ2n) is 4.10. The molecule has 1 atom stereocenters. The molecule has 0 saturated carbocycles. The number of nitrogens with one attached hydrogen (secondary N) is 1. The first kappa shape index (κ1) is 14.4. The van der Waals surface area contributed by atoms with Crippen molar-refractivity contribution in [3.63, 3.8) is 0 Å². The van der Waals surface area contributed by atoms with Crippen molar-refractivity contribution >= 4 is 21.6 Å². The molecule has 0 aliphatic heterocycles. The number of carbonyl (C=O) groups is 1. The van der Waals surface area contributed by atoms with E-state index in [1.54, 1.807) is 13.0 Å². The lowest BCUT2D eigenvalue weighted by Crippen LogP contribution is -2.19. The van der Waals surface area contributed by atoms with E-state index in [2.05, 4.69) is 10.3 Å². The van der Waals surface area contributed by atoms with Crippen molar-refractivity contribution in [1.29, 1.82) is 0 Å². The number of pyridine rings is 1. The molecule has 0 fully saturated rings. The zero-order chi connectivity index (χ0) is 13.8. The van der Waals surface area contributed by atoms with Gasteiger partial charge in [0.2, 0.25) is 0 Å². The molecule has 1 heterocycles. The third-order valence-corrected chi connectivity index (χ3v) is 3.47. The summed E-state index contributed by atoms with van der Waals surface area (Å²) in [5.41, 5.74) is 0. The summed E-state index contributed by atoms with van der Waals surface area (Å²) >= 11 is 0. The fraction of sp³-hybridized carbons (Fsp3) is 0.455. The molecule has 0 aromatic carbocycles. The second-order valence-corrected chi connectivity index (χ2v) is 6.08. The third kappa shape index (κ3) is 4.33. The minimum Gasteiger partial charge on any atom is -0.481 e. The highest BCUT2D eigenvalue weighted by molar-refractivity contribution is 7.90. The number of carboxylic acid groups (broad SMARTS) is 1. The average Bonchev–Trinajstić information content (AvgIpc) is 2.25. The fourth-order valence-electron chi connectivity index (χ4n) is 1.44. The molecule has 0 aliphatic rings. The largest absolute Gasteiger partial charge is 0.481 e. The van der Waals surface area contributed by atoms with Crippen LogP contribution in [0.2, 0.25) is 0 Å². The van der Waals surface area contributed by atoms with Gasteiger partial charge in [-0.25, -0.2) is 13.4 Å². The quantitative estimate of drug-likeness (QED) is 0.806. The molecule has 18 heavy (non-hydrogen) atoms. The van der Waals surface area contributed by atoms with E-state index in [-0.39, 0.29) is 23.2 Å². The molecule has 0 radical (unpaired) electrons. The summed E-state index contributed by atoms with van der Waals surface area (Å²) in [6.45, 7) is 1.78. The van der Waals surface area contributed by atoms with Gasteiger partial charge in [0.15, 0.2) is 9.84 Å². The van der Waals surface area contributed by atoms with Crippen LogP contribution in [-0.2, 0) is 14.6 Å². The van der Waals surface area contributed by atoms with Gasteiger partial charge in [-0.15, -0.1) is 0 Å². The summed E-state index contributed by atoms with van der Waals surface area (Å²) in [6, 6.07) is 2.84. The maximum atomic E-state index is 11.5. The third-order valence-electron chi connectivity index (χ3n) is 2.34. The summed E-state index contributed by atoms with van der Waals surface area (Å²) in [5, 5.41) is 11.5. The van der Waals surface area contributed by atoms with Gasteiger partial charge in [-0.2, -0.15) is 0 Å². The monoisotopic (exact) mass is 272 g/mol. The molecular formula is C11H16N2O4S. The predicted octanol–water partition coefficient (Wildman–Crippen LogP) is 1.15. The number of anilines is 1. The first-order valence-electron chi connectivity index (χ1n) is 5.44. The second kappa shape index (κ2) is 5.81. The van der Waals surface area contributed by atoms with Crippen molar-refractivity contribution < 1.29 is 18.3 Å². The number of hydrogen-bond donors (Lipinski definition) is 2. The minimum atomic E-state index is -3.35. The van der Waals surface area contributed by atoms with E-state index in [9.17, 15) is 13.2 Å². The number of nitrogens with zero attached hydrogens (tertiary/aromatic N) is 1. The van der Waals surface area contributed by atoms with Crippen LogP contribution in [0, 0.1) is 0 Å². The number of carboxylic acids is 1. The standard InChI is InChI=1S/C11H16N2O4S/c1-8(5-6-10(14)15)13-11-9(18(2,16)17)4-3-7-12-11/h3-4,7-8H,5-6H2,1-2H3,(H,12,13)(H,14,15). The van der Waals surface area contributed by atoms with Crippen molar-refractivity contribution in [3.05, 3.63) is 18.3 Å². The molecule has 0 bridgehead atoms. The first-order valence-corrected chi connectivity index (χ1v) is 7.33.